The second kappa shape index (κ2) is 5.59. The molecular formula is C12H11F7O. The van der Waals surface area contributed by atoms with Crippen LogP contribution in [0.3, 0.4) is 0 Å². The lowest BCUT2D eigenvalue weighted by Gasteiger charge is -2.29. The minimum absolute atomic E-state index is 0.257. The molecule has 20 heavy (non-hydrogen) atoms. The van der Waals surface area contributed by atoms with Crippen molar-refractivity contribution in [1.82, 2.24) is 0 Å². The van der Waals surface area contributed by atoms with Gasteiger partial charge in [-0.1, -0.05) is 6.07 Å². The number of aryl methyl sites for hydroxylation is 1. The predicted molar refractivity (Wildman–Crippen MR) is 56.6 cm³/mol. The molecule has 114 valence electrons. The number of hydrogen-bond acceptors (Lipinski definition) is 1. The molecule has 0 aliphatic carbocycles. The largest absolute Gasteiger partial charge is 0.428 e. The molecule has 0 amide bonds. The van der Waals surface area contributed by atoms with Crippen molar-refractivity contribution in [2.24, 2.45) is 0 Å². The fraction of sp³-hybridized carbons (Fsp3) is 0.500. The summed E-state index contributed by atoms with van der Waals surface area (Å²) in [5, 5.41) is 9.48. The second-order valence-corrected chi connectivity index (χ2v) is 4.44. The molecule has 1 nitrogen and oxygen atoms in total. The lowest BCUT2D eigenvalue weighted by atomic mass is 9.93. The van der Waals surface area contributed by atoms with Crippen molar-refractivity contribution in [2.75, 3.05) is 0 Å². The van der Waals surface area contributed by atoms with Gasteiger partial charge in [-0.05, 0) is 30.2 Å². The smallest absolute Gasteiger partial charge is 0.388 e. The number of hydrogen-bond donors (Lipinski definition) is 1. The van der Waals surface area contributed by atoms with Crippen molar-refractivity contribution in [3.63, 3.8) is 0 Å². The maximum Gasteiger partial charge on any atom is 0.428 e. The van der Waals surface area contributed by atoms with Gasteiger partial charge in [-0.25, -0.2) is 17.6 Å². The Bertz CT molecular complexity index is 451. The molecule has 0 saturated carbocycles. The van der Waals surface area contributed by atoms with Gasteiger partial charge < -0.3 is 5.11 Å². The third-order valence-corrected chi connectivity index (χ3v) is 2.76. The molecule has 0 bridgehead atoms. The van der Waals surface area contributed by atoms with E-state index in [1.54, 1.807) is 0 Å². The normalized spacial score (nSPS) is 17.1. The minimum atomic E-state index is -5.84. The maximum absolute atomic E-state index is 13.4. The zero-order valence-electron chi connectivity index (χ0n) is 10.2. The van der Waals surface area contributed by atoms with Crippen LogP contribution in [0.4, 0.5) is 30.7 Å². The third-order valence-electron chi connectivity index (χ3n) is 2.76. The van der Waals surface area contributed by atoms with Crippen molar-refractivity contribution in [3.8, 4) is 0 Å². The first-order valence-electron chi connectivity index (χ1n) is 5.46. The first kappa shape index (κ1) is 16.7. The van der Waals surface area contributed by atoms with Crippen LogP contribution in [0.25, 0.3) is 0 Å². The van der Waals surface area contributed by atoms with Crippen molar-refractivity contribution in [2.45, 2.75) is 37.7 Å². The molecule has 2 atom stereocenters. The molecule has 1 N–H and O–H groups in total. The van der Waals surface area contributed by atoms with E-state index in [0.717, 1.165) is 12.1 Å². The maximum atomic E-state index is 13.4. The van der Waals surface area contributed by atoms with Gasteiger partial charge in [-0.2, -0.15) is 13.2 Å². The van der Waals surface area contributed by atoms with E-state index in [1.807, 2.05) is 0 Å². The number of benzene rings is 1. The summed E-state index contributed by atoms with van der Waals surface area (Å²) in [5.41, 5.74) is -4.99. The molecule has 1 aromatic carbocycles. The number of rotatable bonds is 4. The van der Waals surface area contributed by atoms with Gasteiger partial charge in [-0.3, -0.25) is 0 Å². The molecule has 2 unspecified atom stereocenters. The van der Waals surface area contributed by atoms with E-state index >= 15 is 0 Å². The van der Waals surface area contributed by atoms with E-state index < -0.39 is 42.2 Å². The SMILES string of the molecule is Cc1cc(F)cc(C(O)CC(F)(C(F)F)C(F)(F)F)c1. The molecule has 1 rings (SSSR count). The van der Waals surface area contributed by atoms with Crippen molar-refractivity contribution >= 4 is 0 Å². The van der Waals surface area contributed by atoms with Crippen LogP contribution in [0.1, 0.15) is 23.7 Å². The highest BCUT2D eigenvalue weighted by molar-refractivity contribution is 5.25. The van der Waals surface area contributed by atoms with Gasteiger partial charge in [0.25, 0.3) is 12.1 Å². The third kappa shape index (κ3) is 3.41. The molecule has 8 heteroatoms. The zero-order valence-corrected chi connectivity index (χ0v) is 10.2. The summed E-state index contributed by atoms with van der Waals surface area (Å²) >= 11 is 0. The summed E-state index contributed by atoms with van der Waals surface area (Å²) in [7, 11) is 0. The number of halogens is 7. The molecule has 0 saturated heterocycles. The van der Waals surface area contributed by atoms with E-state index in [1.165, 1.54) is 6.92 Å². The highest BCUT2D eigenvalue weighted by Gasteiger charge is 2.63. The summed E-state index contributed by atoms with van der Waals surface area (Å²) in [6.07, 6.45) is -14.3. The van der Waals surface area contributed by atoms with Crippen molar-refractivity contribution in [3.05, 3.63) is 35.1 Å². The summed E-state index contributed by atoms with van der Waals surface area (Å²) in [4.78, 5) is 0. The van der Waals surface area contributed by atoms with E-state index in [-0.39, 0.29) is 5.56 Å². The van der Waals surface area contributed by atoms with Crippen LogP contribution in [0.15, 0.2) is 18.2 Å². The van der Waals surface area contributed by atoms with Crippen LogP contribution in [0, 0.1) is 12.7 Å². The van der Waals surface area contributed by atoms with Crippen LogP contribution >= 0.6 is 0 Å². The van der Waals surface area contributed by atoms with E-state index in [9.17, 15) is 35.8 Å². The van der Waals surface area contributed by atoms with Gasteiger partial charge in [0.2, 0.25) is 0 Å². The van der Waals surface area contributed by atoms with Gasteiger partial charge >= 0.3 is 6.18 Å². The summed E-state index contributed by atoms with van der Waals surface area (Å²) in [5.74, 6) is -0.868. The van der Waals surface area contributed by atoms with Crippen LogP contribution in [-0.4, -0.2) is 23.4 Å². The molecule has 0 fully saturated rings. The molecule has 0 heterocycles. The molecule has 1 aromatic rings. The predicted octanol–water partition coefficient (Wildman–Crippen LogP) is 4.09. The number of aliphatic hydroxyl groups excluding tert-OH is 1. The molecular weight excluding hydrogens is 293 g/mol. The molecule has 0 radical (unpaired) electrons. The number of aliphatic hydroxyl groups is 1. The van der Waals surface area contributed by atoms with Gasteiger partial charge in [0, 0.05) is 6.42 Å². The summed E-state index contributed by atoms with van der Waals surface area (Å²) in [6, 6.07) is 2.78. The molecule has 0 aromatic heterocycles. The Morgan fingerprint density at radius 2 is 1.65 bits per heavy atom. The Morgan fingerprint density at radius 3 is 2.05 bits per heavy atom. The van der Waals surface area contributed by atoms with Crippen molar-refractivity contribution in [1.29, 1.82) is 0 Å². The van der Waals surface area contributed by atoms with E-state index in [2.05, 4.69) is 0 Å². The Labute approximate surface area is 110 Å². The van der Waals surface area contributed by atoms with Crippen molar-refractivity contribution < 1.29 is 35.8 Å². The number of alkyl halides is 6. The van der Waals surface area contributed by atoms with Gasteiger partial charge in [0.1, 0.15) is 5.82 Å². The summed E-state index contributed by atoms with van der Waals surface area (Å²) < 4.78 is 88.2. The average Bonchev–Trinajstić information content (AvgIpc) is 2.25. The lowest BCUT2D eigenvalue weighted by molar-refractivity contribution is -0.276. The molecule has 0 spiro atoms. The van der Waals surface area contributed by atoms with Gasteiger partial charge in [0.15, 0.2) is 0 Å². The molecule has 0 aliphatic heterocycles. The van der Waals surface area contributed by atoms with Crippen LogP contribution < -0.4 is 0 Å². The van der Waals surface area contributed by atoms with Crippen LogP contribution in [0.2, 0.25) is 0 Å². The van der Waals surface area contributed by atoms with Gasteiger partial charge in [0.05, 0.1) is 6.10 Å². The lowest BCUT2D eigenvalue weighted by Crippen LogP contribution is -2.48. The first-order chi connectivity index (χ1) is 8.97. The highest BCUT2D eigenvalue weighted by atomic mass is 19.4. The fourth-order valence-corrected chi connectivity index (χ4v) is 1.68. The minimum Gasteiger partial charge on any atom is -0.388 e. The Morgan fingerprint density at radius 1 is 1.10 bits per heavy atom. The zero-order chi connectivity index (χ0) is 15.7. The second-order valence-electron chi connectivity index (χ2n) is 4.44. The Balaban J connectivity index is 3.06. The Kier molecular flexibility index (Phi) is 4.68. The van der Waals surface area contributed by atoms with Crippen LogP contribution in [-0.2, 0) is 0 Å². The molecule has 0 aliphatic rings. The fourth-order valence-electron chi connectivity index (χ4n) is 1.68. The summed E-state index contributed by atoms with van der Waals surface area (Å²) in [6.45, 7) is 1.39. The van der Waals surface area contributed by atoms with E-state index in [4.69, 9.17) is 0 Å². The topological polar surface area (TPSA) is 20.2 Å². The monoisotopic (exact) mass is 304 g/mol. The van der Waals surface area contributed by atoms with E-state index in [0.29, 0.717) is 6.07 Å². The van der Waals surface area contributed by atoms with Gasteiger partial charge in [-0.15, -0.1) is 0 Å². The van der Waals surface area contributed by atoms with Crippen LogP contribution in [0.5, 0.6) is 0 Å². The Hall–Kier alpha value is -1.31. The first-order valence-corrected chi connectivity index (χ1v) is 5.46. The standard InChI is InChI=1S/C12H11F7O/c1-6-2-7(4-8(13)3-6)9(20)5-11(16,10(14)15)12(17,18)19/h2-4,9-10,20H,5H2,1H3. The quantitative estimate of drug-likeness (QED) is 0.831. The average molecular weight is 304 g/mol. The highest BCUT2D eigenvalue weighted by Crippen LogP contribution is 2.44.